The monoisotopic (exact) mass is 490 g/mol. The van der Waals surface area contributed by atoms with Gasteiger partial charge >= 0.3 is 0 Å². The maximum absolute atomic E-state index is 14.7. The Hall–Kier alpha value is -3.92. The third kappa shape index (κ3) is 3.43. The van der Waals surface area contributed by atoms with E-state index in [2.05, 4.69) is 25.3 Å². The van der Waals surface area contributed by atoms with Crippen LogP contribution in [-0.2, 0) is 11.8 Å². The molecule has 2 atom stereocenters. The number of halogens is 2. The molecule has 1 amide bonds. The molecule has 8 nitrogen and oxygen atoms in total. The van der Waals surface area contributed by atoms with Crippen LogP contribution in [0.25, 0.3) is 33.4 Å². The number of rotatable bonds is 5. The van der Waals surface area contributed by atoms with Crippen molar-refractivity contribution in [1.29, 1.82) is 0 Å². The highest BCUT2D eigenvalue weighted by Gasteiger charge is 2.64. The average molecular weight is 491 g/mol. The minimum atomic E-state index is -0.720. The molecule has 0 unspecified atom stereocenters. The summed E-state index contributed by atoms with van der Waals surface area (Å²) in [4.78, 5) is 24.3. The molecule has 1 saturated carbocycles. The zero-order valence-electron chi connectivity index (χ0n) is 20.0. The summed E-state index contributed by atoms with van der Waals surface area (Å²) in [7, 11) is 5.22. The number of nitrogens with one attached hydrogen (secondary N) is 1. The van der Waals surface area contributed by atoms with Crippen molar-refractivity contribution in [3.8, 4) is 28.3 Å². The number of aromatic nitrogens is 4. The number of amides is 1. The van der Waals surface area contributed by atoms with Gasteiger partial charge in [-0.3, -0.25) is 9.48 Å². The second-order valence-electron chi connectivity index (χ2n) is 9.66. The van der Waals surface area contributed by atoms with Crippen molar-refractivity contribution in [2.75, 3.05) is 32.6 Å². The number of hydrogen-bond donors (Lipinski definition) is 1. The first-order chi connectivity index (χ1) is 17.3. The quantitative estimate of drug-likeness (QED) is 0.457. The molecule has 2 aromatic heterocycles. The van der Waals surface area contributed by atoms with Gasteiger partial charge < -0.3 is 15.0 Å². The first kappa shape index (κ1) is 22.5. The Labute approximate surface area is 205 Å². The lowest BCUT2D eigenvalue weighted by Gasteiger charge is -2.18. The highest BCUT2D eigenvalue weighted by molar-refractivity contribution is 6.04. The number of hydrogen-bond acceptors (Lipinski definition) is 6. The fourth-order valence-electron chi connectivity index (χ4n) is 5.47. The van der Waals surface area contributed by atoms with Crippen LogP contribution in [-0.4, -0.2) is 57.8 Å². The van der Waals surface area contributed by atoms with Gasteiger partial charge in [0.05, 0.1) is 35.0 Å². The number of carbonyl (C=O) groups is 1. The molecule has 0 spiro atoms. The first-order valence-corrected chi connectivity index (χ1v) is 11.6. The largest absolute Gasteiger partial charge is 0.494 e. The van der Waals surface area contributed by atoms with Gasteiger partial charge in [-0.15, -0.1) is 0 Å². The molecule has 4 aromatic rings. The Balaban J connectivity index is 1.48. The molecule has 0 radical (unpaired) electrons. The number of carbonyl (C=O) groups excluding carboxylic acids is 1. The summed E-state index contributed by atoms with van der Waals surface area (Å²) in [5.41, 5.74) is 1.45. The van der Waals surface area contributed by atoms with Gasteiger partial charge in [-0.25, -0.2) is 18.7 Å². The number of benzene rings is 2. The van der Waals surface area contributed by atoms with Crippen LogP contribution in [0.4, 0.5) is 14.5 Å². The molecule has 36 heavy (non-hydrogen) atoms. The Morgan fingerprint density at radius 3 is 2.64 bits per heavy atom. The van der Waals surface area contributed by atoms with Crippen LogP contribution < -0.4 is 10.1 Å². The number of methoxy groups -OCH3 is 1. The second kappa shape index (κ2) is 8.06. The summed E-state index contributed by atoms with van der Waals surface area (Å²) in [6.45, 7) is 1.64. The molecule has 1 aliphatic carbocycles. The maximum atomic E-state index is 14.7. The lowest BCUT2D eigenvalue weighted by Crippen LogP contribution is -2.30. The van der Waals surface area contributed by atoms with Gasteiger partial charge in [0, 0.05) is 43.4 Å². The third-order valence-corrected chi connectivity index (χ3v) is 7.26. The van der Waals surface area contributed by atoms with E-state index in [0.29, 0.717) is 39.5 Å². The summed E-state index contributed by atoms with van der Waals surface area (Å²) in [6.07, 6.45) is 3.92. The smallest absolute Gasteiger partial charge is 0.232 e. The van der Waals surface area contributed by atoms with Crippen molar-refractivity contribution >= 4 is 22.5 Å². The minimum Gasteiger partial charge on any atom is -0.494 e. The summed E-state index contributed by atoms with van der Waals surface area (Å²) < 4.78 is 36.4. The molecule has 6 rings (SSSR count). The fourth-order valence-corrected chi connectivity index (χ4v) is 5.47. The van der Waals surface area contributed by atoms with Crippen molar-refractivity contribution in [1.82, 2.24) is 24.6 Å². The third-order valence-electron chi connectivity index (χ3n) is 7.26. The van der Waals surface area contributed by atoms with Gasteiger partial charge in [0.15, 0.2) is 0 Å². The number of piperidine rings is 1. The number of ether oxygens (including phenoxy) is 1. The van der Waals surface area contributed by atoms with Crippen LogP contribution in [0.2, 0.25) is 0 Å². The Morgan fingerprint density at radius 2 is 1.94 bits per heavy atom. The standard InChI is InChI=1S/C26H24F2N6O2/c1-33-10-14-9-26(14,12-33)25(35)31-20-7-15-19(8-21(20)36-3)29-13-30-23(15)16-11-34(2)32-24(16)22-17(27)5-4-6-18(22)28/h4-8,11,13-14H,9-10,12H2,1-3H3,(H,31,35)/t14-,26-/m1/s1. The molecule has 184 valence electrons. The number of fused-ring (bicyclic) bond motifs is 2. The van der Waals surface area contributed by atoms with Crippen LogP contribution in [0.5, 0.6) is 5.75 Å². The first-order valence-electron chi connectivity index (χ1n) is 11.6. The molecule has 10 heteroatoms. The summed E-state index contributed by atoms with van der Waals surface area (Å²) in [6, 6.07) is 7.17. The molecule has 1 saturated heterocycles. The number of nitrogens with zero attached hydrogens (tertiary/aromatic N) is 5. The van der Waals surface area contributed by atoms with E-state index in [9.17, 15) is 13.6 Å². The molecule has 1 N–H and O–H groups in total. The van der Waals surface area contributed by atoms with Gasteiger partial charge in [0.1, 0.15) is 29.4 Å². The van der Waals surface area contributed by atoms with Crippen molar-refractivity contribution in [3.63, 3.8) is 0 Å². The lowest BCUT2D eigenvalue weighted by atomic mass is 10.0. The maximum Gasteiger partial charge on any atom is 0.232 e. The van der Waals surface area contributed by atoms with E-state index in [0.717, 1.165) is 19.5 Å². The van der Waals surface area contributed by atoms with E-state index >= 15 is 0 Å². The highest BCUT2D eigenvalue weighted by atomic mass is 19.1. The van der Waals surface area contributed by atoms with E-state index in [4.69, 9.17) is 4.74 Å². The molecule has 1 aliphatic heterocycles. The predicted molar refractivity (Wildman–Crippen MR) is 130 cm³/mol. The Bertz CT molecular complexity index is 1520. The Morgan fingerprint density at radius 1 is 1.17 bits per heavy atom. The van der Waals surface area contributed by atoms with Crippen molar-refractivity contribution in [2.24, 2.45) is 18.4 Å². The number of aryl methyl sites for hydroxylation is 1. The predicted octanol–water partition coefficient (Wildman–Crippen LogP) is 3.87. The van der Waals surface area contributed by atoms with Crippen molar-refractivity contribution in [2.45, 2.75) is 6.42 Å². The van der Waals surface area contributed by atoms with Crippen LogP contribution in [0.15, 0.2) is 42.9 Å². The van der Waals surface area contributed by atoms with E-state index in [1.54, 1.807) is 25.4 Å². The molecule has 2 fully saturated rings. The van der Waals surface area contributed by atoms with Crippen LogP contribution in [0.1, 0.15) is 6.42 Å². The molecule has 2 aromatic carbocycles. The molecular weight excluding hydrogens is 466 g/mol. The second-order valence-corrected chi connectivity index (χ2v) is 9.66. The molecular formula is C26H24F2N6O2. The minimum absolute atomic E-state index is 0.0385. The zero-order valence-corrected chi connectivity index (χ0v) is 20.0. The normalized spacial score (nSPS) is 21.0. The zero-order chi connectivity index (χ0) is 25.2. The van der Waals surface area contributed by atoms with Gasteiger partial charge in [-0.05, 0) is 37.6 Å². The number of likely N-dealkylation sites (tertiary alicyclic amines) is 1. The van der Waals surface area contributed by atoms with Crippen molar-refractivity contribution in [3.05, 3.63) is 54.5 Å². The van der Waals surface area contributed by atoms with E-state index in [1.165, 1.54) is 36.3 Å². The number of anilines is 1. The van der Waals surface area contributed by atoms with E-state index in [1.807, 2.05) is 7.05 Å². The molecule has 3 heterocycles. The SMILES string of the molecule is COc1cc2ncnc(-c3cn(C)nc3-c3c(F)cccc3F)c2cc1NC(=O)[C@@]12C[C@@H]1CN(C)C2. The van der Waals surface area contributed by atoms with Crippen LogP contribution in [0, 0.1) is 23.0 Å². The molecule has 0 bridgehead atoms. The van der Waals surface area contributed by atoms with Gasteiger partial charge in [0.2, 0.25) is 5.91 Å². The summed E-state index contributed by atoms with van der Waals surface area (Å²) in [5.74, 6) is -0.651. The summed E-state index contributed by atoms with van der Waals surface area (Å²) in [5, 5.41) is 7.99. The van der Waals surface area contributed by atoms with Gasteiger partial charge in [0.25, 0.3) is 0 Å². The van der Waals surface area contributed by atoms with Gasteiger partial charge in [-0.1, -0.05) is 6.07 Å². The van der Waals surface area contributed by atoms with Gasteiger partial charge in [-0.2, -0.15) is 5.10 Å². The van der Waals surface area contributed by atoms with Crippen LogP contribution >= 0.6 is 0 Å². The average Bonchev–Trinajstić information content (AvgIpc) is 3.21. The fraction of sp³-hybridized carbons (Fsp3) is 0.308. The molecule has 2 aliphatic rings. The van der Waals surface area contributed by atoms with Crippen molar-refractivity contribution < 1.29 is 18.3 Å². The lowest BCUT2D eigenvalue weighted by molar-refractivity contribution is -0.121. The Kier molecular flexibility index (Phi) is 5.04. The van der Waals surface area contributed by atoms with Crippen LogP contribution in [0.3, 0.4) is 0 Å². The van der Waals surface area contributed by atoms with E-state index < -0.39 is 11.6 Å². The van der Waals surface area contributed by atoms with E-state index in [-0.39, 0.29) is 22.6 Å². The topological polar surface area (TPSA) is 85.2 Å². The summed E-state index contributed by atoms with van der Waals surface area (Å²) >= 11 is 0. The highest BCUT2D eigenvalue weighted by Crippen LogP contribution is 2.58.